The molecule has 1 aliphatic rings. The Bertz CT molecular complexity index is 1060. The lowest BCUT2D eigenvalue weighted by Gasteiger charge is -2.17. The first-order valence-electron chi connectivity index (χ1n) is 8.92. The van der Waals surface area contributed by atoms with Gasteiger partial charge in [-0.05, 0) is 30.3 Å². The van der Waals surface area contributed by atoms with Gasteiger partial charge in [-0.3, -0.25) is 9.59 Å². The van der Waals surface area contributed by atoms with Crippen LogP contribution in [0.15, 0.2) is 53.1 Å². The quantitative estimate of drug-likeness (QED) is 0.692. The molecule has 0 bridgehead atoms. The molecule has 0 aliphatic carbocycles. The molecule has 29 heavy (non-hydrogen) atoms. The standard InChI is InChI=1S/C20H16ClFN4O3/c21-15-7-6-14(22)9-16(15)26-11-13(8-18(26)27)19-24-17(29-25-19)10-23-20(28)12-4-2-1-3-5-12/h1-7,9,13H,8,10-11H2,(H,23,28). The molecule has 2 amide bonds. The summed E-state index contributed by atoms with van der Waals surface area (Å²) in [6.45, 7) is 0.332. The average molecular weight is 415 g/mol. The zero-order valence-electron chi connectivity index (χ0n) is 15.1. The van der Waals surface area contributed by atoms with Gasteiger partial charge in [-0.25, -0.2) is 4.39 Å². The van der Waals surface area contributed by atoms with Crippen LogP contribution in [-0.2, 0) is 11.3 Å². The minimum Gasteiger partial charge on any atom is -0.343 e. The van der Waals surface area contributed by atoms with Crippen LogP contribution < -0.4 is 10.2 Å². The molecule has 3 aromatic rings. The molecular weight excluding hydrogens is 399 g/mol. The van der Waals surface area contributed by atoms with Gasteiger partial charge in [-0.2, -0.15) is 4.98 Å². The van der Waals surface area contributed by atoms with Crippen molar-refractivity contribution in [1.29, 1.82) is 0 Å². The number of hydrogen-bond donors (Lipinski definition) is 1. The maximum atomic E-state index is 13.6. The molecule has 7 nitrogen and oxygen atoms in total. The molecule has 4 rings (SSSR count). The third-order valence-electron chi connectivity index (χ3n) is 4.61. The number of benzene rings is 2. The van der Waals surface area contributed by atoms with Gasteiger partial charge in [-0.15, -0.1) is 0 Å². The topological polar surface area (TPSA) is 88.3 Å². The lowest BCUT2D eigenvalue weighted by atomic mass is 10.1. The van der Waals surface area contributed by atoms with Crippen molar-refractivity contribution in [1.82, 2.24) is 15.5 Å². The molecule has 1 unspecified atom stereocenters. The molecule has 0 radical (unpaired) electrons. The van der Waals surface area contributed by atoms with Crippen molar-refractivity contribution in [2.75, 3.05) is 11.4 Å². The maximum Gasteiger partial charge on any atom is 0.251 e. The van der Waals surface area contributed by atoms with Crippen LogP contribution in [0.25, 0.3) is 0 Å². The van der Waals surface area contributed by atoms with Gasteiger partial charge in [0.2, 0.25) is 11.8 Å². The van der Waals surface area contributed by atoms with Crippen LogP contribution in [0.2, 0.25) is 5.02 Å². The third kappa shape index (κ3) is 4.12. The van der Waals surface area contributed by atoms with E-state index in [1.807, 2.05) is 6.07 Å². The van der Waals surface area contributed by atoms with E-state index < -0.39 is 5.82 Å². The van der Waals surface area contributed by atoms with Gasteiger partial charge >= 0.3 is 0 Å². The Morgan fingerprint density at radius 1 is 1.28 bits per heavy atom. The lowest BCUT2D eigenvalue weighted by molar-refractivity contribution is -0.117. The SMILES string of the molecule is O=C(NCc1nc(C2CC(=O)N(c3cc(F)ccc3Cl)C2)no1)c1ccccc1. The Morgan fingerprint density at radius 3 is 2.86 bits per heavy atom. The van der Waals surface area contributed by atoms with Crippen LogP contribution in [0.5, 0.6) is 0 Å². The number of hydrogen-bond acceptors (Lipinski definition) is 5. The van der Waals surface area contributed by atoms with E-state index in [0.29, 0.717) is 17.1 Å². The molecule has 148 valence electrons. The highest BCUT2D eigenvalue weighted by Gasteiger charge is 2.35. The molecule has 1 saturated heterocycles. The van der Waals surface area contributed by atoms with E-state index in [9.17, 15) is 14.0 Å². The van der Waals surface area contributed by atoms with Crippen LogP contribution in [0.4, 0.5) is 10.1 Å². The number of anilines is 1. The van der Waals surface area contributed by atoms with Crippen molar-refractivity contribution >= 4 is 29.1 Å². The Balaban J connectivity index is 1.41. The lowest BCUT2D eigenvalue weighted by Crippen LogP contribution is -2.24. The summed E-state index contributed by atoms with van der Waals surface area (Å²) >= 11 is 6.11. The fourth-order valence-electron chi connectivity index (χ4n) is 3.16. The molecule has 1 fully saturated rings. The van der Waals surface area contributed by atoms with Gasteiger partial charge < -0.3 is 14.7 Å². The number of nitrogens with one attached hydrogen (secondary N) is 1. The van der Waals surface area contributed by atoms with Gasteiger partial charge in [0.1, 0.15) is 5.82 Å². The normalized spacial score (nSPS) is 16.3. The summed E-state index contributed by atoms with van der Waals surface area (Å²) in [5, 5.41) is 6.92. The van der Waals surface area contributed by atoms with Crippen molar-refractivity contribution in [3.05, 3.63) is 76.6 Å². The van der Waals surface area contributed by atoms with E-state index in [4.69, 9.17) is 16.1 Å². The minimum absolute atomic E-state index is 0.0703. The number of carbonyl (C=O) groups excluding carboxylic acids is 2. The molecule has 2 aromatic carbocycles. The van der Waals surface area contributed by atoms with Gasteiger partial charge in [0.15, 0.2) is 5.82 Å². The zero-order chi connectivity index (χ0) is 20.4. The van der Waals surface area contributed by atoms with Crippen molar-refractivity contribution in [2.24, 2.45) is 0 Å². The Hall–Kier alpha value is -3.26. The second-order valence-electron chi connectivity index (χ2n) is 6.60. The zero-order valence-corrected chi connectivity index (χ0v) is 15.9. The molecule has 9 heteroatoms. The Morgan fingerprint density at radius 2 is 2.07 bits per heavy atom. The van der Waals surface area contributed by atoms with Crippen molar-refractivity contribution in [2.45, 2.75) is 18.9 Å². The number of rotatable bonds is 5. The van der Waals surface area contributed by atoms with E-state index in [-0.39, 0.29) is 48.2 Å². The highest BCUT2D eigenvalue weighted by atomic mass is 35.5. The Kier molecular flexibility index (Phi) is 5.26. The minimum atomic E-state index is -0.475. The molecule has 1 aromatic heterocycles. The molecular formula is C20H16ClFN4O3. The maximum absolute atomic E-state index is 13.6. The predicted octanol–water partition coefficient (Wildman–Crippen LogP) is 3.31. The largest absolute Gasteiger partial charge is 0.343 e. The summed E-state index contributed by atoms with van der Waals surface area (Å²) < 4.78 is 18.7. The molecule has 0 saturated carbocycles. The van der Waals surface area contributed by atoms with E-state index in [1.54, 1.807) is 24.3 Å². The van der Waals surface area contributed by atoms with Crippen molar-refractivity contribution < 1.29 is 18.5 Å². The summed E-state index contributed by atoms with van der Waals surface area (Å²) in [5.41, 5.74) is 0.842. The van der Waals surface area contributed by atoms with Gasteiger partial charge in [-0.1, -0.05) is 35.0 Å². The highest BCUT2D eigenvalue weighted by Crippen LogP contribution is 2.34. The van der Waals surface area contributed by atoms with E-state index in [2.05, 4.69) is 15.5 Å². The van der Waals surface area contributed by atoms with E-state index >= 15 is 0 Å². The van der Waals surface area contributed by atoms with Crippen LogP contribution >= 0.6 is 11.6 Å². The van der Waals surface area contributed by atoms with Crippen molar-refractivity contribution in [3.8, 4) is 0 Å². The molecule has 0 spiro atoms. The van der Waals surface area contributed by atoms with Crippen LogP contribution in [0.1, 0.15) is 34.4 Å². The fraction of sp³-hybridized carbons (Fsp3) is 0.200. The summed E-state index contributed by atoms with van der Waals surface area (Å²) in [7, 11) is 0. The summed E-state index contributed by atoms with van der Waals surface area (Å²) in [4.78, 5) is 30.2. The second kappa shape index (κ2) is 8.00. The van der Waals surface area contributed by atoms with Crippen LogP contribution in [0.3, 0.4) is 0 Å². The molecule has 1 aliphatic heterocycles. The monoisotopic (exact) mass is 414 g/mol. The highest BCUT2D eigenvalue weighted by molar-refractivity contribution is 6.33. The van der Waals surface area contributed by atoms with E-state index in [0.717, 1.165) is 0 Å². The number of carbonyl (C=O) groups is 2. The van der Waals surface area contributed by atoms with E-state index in [1.165, 1.54) is 23.1 Å². The first-order valence-corrected chi connectivity index (χ1v) is 9.30. The van der Waals surface area contributed by atoms with Crippen molar-refractivity contribution in [3.63, 3.8) is 0 Å². The number of amides is 2. The van der Waals surface area contributed by atoms with Gasteiger partial charge in [0.25, 0.3) is 5.91 Å². The second-order valence-corrected chi connectivity index (χ2v) is 7.00. The van der Waals surface area contributed by atoms with Crippen LogP contribution in [-0.4, -0.2) is 28.5 Å². The summed E-state index contributed by atoms with van der Waals surface area (Å²) in [5.74, 6) is -0.656. The predicted molar refractivity (Wildman–Crippen MR) is 103 cm³/mol. The summed E-state index contributed by atoms with van der Waals surface area (Å²) in [6.07, 6.45) is 0.155. The number of nitrogens with zero attached hydrogens (tertiary/aromatic N) is 3. The van der Waals surface area contributed by atoms with Gasteiger partial charge in [0.05, 0.1) is 17.3 Å². The number of aromatic nitrogens is 2. The first kappa shape index (κ1) is 19.1. The third-order valence-corrected chi connectivity index (χ3v) is 4.93. The molecule has 2 heterocycles. The number of halogens is 2. The summed E-state index contributed by atoms with van der Waals surface area (Å²) in [6, 6.07) is 12.6. The van der Waals surface area contributed by atoms with Gasteiger partial charge in [0, 0.05) is 24.4 Å². The smallest absolute Gasteiger partial charge is 0.251 e. The average Bonchev–Trinajstić information content (AvgIpc) is 3.35. The fourth-order valence-corrected chi connectivity index (χ4v) is 3.38. The first-order chi connectivity index (χ1) is 14.0. The Labute approximate surface area is 170 Å². The molecule has 1 atom stereocenters. The molecule has 1 N–H and O–H groups in total. The van der Waals surface area contributed by atoms with Crippen LogP contribution in [0, 0.1) is 5.82 Å².